The Morgan fingerprint density at radius 2 is 1.79 bits per heavy atom. The lowest BCUT2D eigenvalue weighted by molar-refractivity contribution is 0.0740. The van der Waals surface area contributed by atoms with Crippen molar-refractivity contribution in [3.63, 3.8) is 0 Å². The number of benzene rings is 4. The molecule has 5 aromatic rings. The van der Waals surface area contributed by atoms with Crippen LogP contribution in [-0.2, 0) is 6.61 Å². The molecule has 0 aliphatic carbocycles. The number of aryl methyl sites for hydroxylation is 1. The van der Waals surface area contributed by atoms with Crippen molar-refractivity contribution < 1.29 is 23.4 Å². The first kappa shape index (κ1) is 27.3. The van der Waals surface area contributed by atoms with Gasteiger partial charge in [-0.1, -0.05) is 54.1 Å². The Bertz CT molecular complexity index is 1910. The van der Waals surface area contributed by atoms with E-state index in [4.69, 9.17) is 31.5 Å². The van der Waals surface area contributed by atoms with Gasteiger partial charge in [-0.15, -0.1) is 11.3 Å². The SMILES string of the molecule is Cc1ccc2c(Cl)c(C(=O)Oc3ccc4c(c3)OC(N)=C(C#N)C4c3ccc(OCc4ccc(F)cc4)cc3)sc2c1. The molecule has 6 rings (SSSR count). The fourth-order valence-corrected chi connectivity index (χ4v) is 6.29. The van der Waals surface area contributed by atoms with E-state index in [-0.39, 0.29) is 29.6 Å². The molecule has 42 heavy (non-hydrogen) atoms. The number of carbonyl (C=O) groups is 1. The third-order valence-corrected chi connectivity index (χ3v) is 8.54. The van der Waals surface area contributed by atoms with Crippen molar-refractivity contribution >= 4 is 39.0 Å². The molecular weight excluding hydrogens is 575 g/mol. The second kappa shape index (κ2) is 11.2. The zero-order valence-electron chi connectivity index (χ0n) is 22.2. The Labute approximate surface area is 249 Å². The number of esters is 1. The fraction of sp³-hybridized carbons (Fsp3) is 0.0909. The molecule has 0 fully saturated rings. The summed E-state index contributed by atoms with van der Waals surface area (Å²) in [7, 11) is 0. The van der Waals surface area contributed by atoms with Gasteiger partial charge in [0.25, 0.3) is 0 Å². The molecule has 2 N–H and O–H groups in total. The topological polar surface area (TPSA) is 94.6 Å². The first-order valence-electron chi connectivity index (χ1n) is 12.9. The van der Waals surface area contributed by atoms with Gasteiger partial charge in [-0.25, -0.2) is 9.18 Å². The zero-order valence-corrected chi connectivity index (χ0v) is 23.8. The van der Waals surface area contributed by atoms with E-state index in [1.165, 1.54) is 23.5 Å². The van der Waals surface area contributed by atoms with Gasteiger partial charge in [0.15, 0.2) is 0 Å². The number of halogens is 2. The number of hydrogen-bond donors (Lipinski definition) is 1. The van der Waals surface area contributed by atoms with Crippen LogP contribution in [0.2, 0.25) is 5.02 Å². The summed E-state index contributed by atoms with van der Waals surface area (Å²) in [5.74, 6) is -0.183. The Hall–Kier alpha value is -4.84. The number of fused-ring (bicyclic) bond motifs is 2. The van der Waals surface area contributed by atoms with Crippen molar-refractivity contribution in [2.45, 2.75) is 19.4 Å². The van der Waals surface area contributed by atoms with Gasteiger partial charge in [0.1, 0.15) is 46.2 Å². The van der Waals surface area contributed by atoms with Crippen LogP contribution in [0.1, 0.15) is 37.8 Å². The molecule has 208 valence electrons. The average Bonchev–Trinajstić information content (AvgIpc) is 3.31. The van der Waals surface area contributed by atoms with Crippen LogP contribution in [0.5, 0.6) is 17.2 Å². The van der Waals surface area contributed by atoms with E-state index < -0.39 is 11.9 Å². The highest BCUT2D eigenvalue weighted by atomic mass is 35.5. The molecule has 1 atom stereocenters. The maximum absolute atomic E-state index is 13.2. The van der Waals surface area contributed by atoms with E-state index in [1.807, 2.05) is 37.3 Å². The second-order valence-corrected chi connectivity index (χ2v) is 11.2. The lowest BCUT2D eigenvalue weighted by Gasteiger charge is -2.26. The summed E-state index contributed by atoms with van der Waals surface area (Å²) in [5, 5.41) is 11.1. The van der Waals surface area contributed by atoms with E-state index >= 15 is 0 Å². The molecule has 0 saturated carbocycles. The summed E-state index contributed by atoms with van der Waals surface area (Å²) >= 11 is 7.77. The Balaban J connectivity index is 1.24. The molecule has 0 radical (unpaired) electrons. The van der Waals surface area contributed by atoms with E-state index in [0.29, 0.717) is 27.0 Å². The molecule has 1 aromatic heterocycles. The Morgan fingerprint density at radius 1 is 1.05 bits per heavy atom. The molecule has 0 amide bonds. The summed E-state index contributed by atoms with van der Waals surface area (Å²) in [4.78, 5) is 13.4. The monoisotopic (exact) mass is 596 g/mol. The van der Waals surface area contributed by atoms with Gasteiger partial charge >= 0.3 is 5.97 Å². The highest BCUT2D eigenvalue weighted by molar-refractivity contribution is 7.21. The quantitative estimate of drug-likeness (QED) is 0.158. The van der Waals surface area contributed by atoms with E-state index in [1.54, 1.807) is 42.5 Å². The summed E-state index contributed by atoms with van der Waals surface area (Å²) in [6.07, 6.45) is 0. The smallest absolute Gasteiger partial charge is 0.355 e. The molecule has 0 spiro atoms. The molecule has 1 aliphatic heterocycles. The predicted molar refractivity (Wildman–Crippen MR) is 159 cm³/mol. The molecule has 2 heterocycles. The third kappa shape index (κ3) is 5.28. The van der Waals surface area contributed by atoms with Crippen molar-refractivity contribution in [3.05, 3.63) is 134 Å². The molecular formula is C33H22ClFN2O4S. The minimum absolute atomic E-state index is 0.0296. The van der Waals surface area contributed by atoms with Crippen molar-refractivity contribution in [2.75, 3.05) is 0 Å². The Kier molecular flexibility index (Phi) is 7.29. The predicted octanol–water partition coefficient (Wildman–Crippen LogP) is 8.02. The molecule has 0 bridgehead atoms. The third-order valence-electron chi connectivity index (χ3n) is 6.90. The van der Waals surface area contributed by atoms with Gasteiger partial charge < -0.3 is 19.9 Å². The number of carbonyl (C=O) groups excluding carboxylic acids is 1. The standard InChI is InChI=1S/C33H22ClFN2O4S/c1-18-2-12-25-28(14-18)42-31(30(25)34)33(38)40-23-11-13-24-27(15-23)41-32(37)26(16-36)29(24)20-5-9-22(10-6-20)39-17-19-3-7-21(35)8-4-19/h2-15,29H,17,37H2,1H3. The number of rotatable bonds is 6. The van der Waals surface area contributed by atoms with E-state index in [0.717, 1.165) is 26.8 Å². The highest BCUT2D eigenvalue weighted by Crippen LogP contribution is 2.44. The number of nitriles is 1. The van der Waals surface area contributed by atoms with Crippen LogP contribution in [0.25, 0.3) is 10.1 Å². The number of ether oxygens (including phenoxy) is 3. The zero-order chi connectivity index (χ0) is 29.4. The van der Waals surface area contributed by atoms with E-state index in [2.05, 4.69) is 6.07 Å². The fourth-order valence-electron chi connectivity index (χ4n) is 4.80. The summed E-state index contributed by atoms with van der Waals surface area (Å²) in [6.45, 7) is 2.26. The van der Waals surface area contributed by atoms with Crippen LogP contribution in [0.15, 0.2) is 96.4 Å². The second-order valence-electron chi connectivity index (χ2n) is 9.74. The van der Waals surface area contributed by atoms with Crippen molar-refractivity contribution in [3.8, 4) is 23.3 Å². The maximum atomic E-state index is 13.2. The van der Waals surface area contributed by atoms with Gasteiger partial charge in [0, 0.05) is 21.7 Å². The maximum Gasteiger partial charge on any atom is 0.355 e. The van der Waals surface area contributed by atoms with Crippen molar-refractivity contribution in [1.29, 1.82) is 5.26 Å². The molecule has 1 aliphatic rings. The summed E-state index contributed by atoms with van der Waals surface area (Å²) in [5.41, 5.74) is 9.81. The van der Waals surface area contributed by atoms with E-state index in [9.17, 15) is 14.4 Å². The van der Waals surface area contributed by atoms with Gasteiger partial charge in [-0.2, -0.15) is 5.26 Å². The first-order chi connectivity index (χ1) is 20.3. The van der Waals surface area contributed by atoms with Gasteiger partial charge in [0.2, 0.25) is 5.88 Å². The van der Waals surface area contributed by atoms with Gasteiger partial charge in [0.05, 0.1) is 10.9 Å². The summed E-state index contributed by atoms with van der Waals surface area (Å²) < 4.78 is 31.4. The normalized spacial score (nSPS) is 14.2. The minimum atomic E-state index is -0.580. The van der Waals surface area contributed by atoms with Crippen LogP contribution >= 0.6 is 22.9 Å². The van der Waals surface area contributed by atoms with Gasteiger partial charge in [-0.05, 0) is 60.0 Å². The molecule has 1 unspecified atom stereocenters. The molecule has 9 heteroatoms. The lowest BCUT2D eigenvalue weighted by Crippen LogP contribution is -2.21. The largest absolute Gasteiger partial charge is 0.489 e. The minimum Gasteiger partial charge on any atom is -0.489 e. The number of thiophene rings is 1. The van der Waals surface area contributed by atoms with Crippen LogP contribution in [0.4, 0.5) is 4.39 Å². The average molecular weight is 597 g/mol. The van der Waals surface area contributed by atoms with Crippen LogP contribution in [0, 0.1) is 24.1 Å². The number of allylic oxidation sites excluding steroid dienone is 1. The van der Waals surface area contributed by atoms with Crippen molar-refractivity contribution in [2.24, 2.45) is 5.73 Å². The van der Waals surface area contributed by atoms with Crippen LogP contribution in [0.3, 0.4) is 0 Å². The molecule has 4 aromatic carbocycles. The Morgan fingerprint density at radius 3 is 2.52 bits per heavy atom. The summed E-state index contributed by atoms with van der Waals surface area (Å²) in [6, 6.07) is 26.3. The number of nitrogens with two attached hydrogens (primary N) is 1. The number of hydrogen-bond acceptors (Lipinski definition) is 7. The number of nitrogens with zero attached hydrogens (tertiary/aromatic N) is 1. The first-order valence-corrected chi connectivity index (χ1v) is 14.1. The molecule has 0 saturated heterocycles. The highest BCUT2D eigenvalue weighted by Gasteiger charge is 2.31. The van der Waals surface area contributed by atoms with Crippen LogP contribution < -0.4 is 19.9 Å². The van der Waals surface area contributed by atoms with Crippen LogP contribution in [-0.4, -0.2) is 5.97 Å². The van der Waals surface area contributed by atoms with Gasteiger partial charge in [-0.3, -0.25) is 0 Å². The lowest BCUT2D eigenvalue weighted by atomic mass is 9.83. The van der Waals surface area contributed by atoms with Crippen molar-refractivity contribution in [1.82, 2.24) is 0 Å². The molecule has 6 nitrogen and oxygen atoms in total.